The highest BCUT2D eigenvalue weighted by Crippen LogP contribution is 2.09. The molecule has 0 aromatic rings. The lowest BCUT2D eigenvalue weighted by molar-refractivity contribution is -0.138. The Labute approximate surface area is 248 Å². The van der Waals surface area contributed by atoms with Gasteiger partial charge >= 0.3 is 11.9 Å². The number of hydrogen-bond acceptors (Lipinski definition) is 2. The molecule has 40 heavy (non-hydrogen) atoms. The van der Waals surface area contributed by atoms with E-state index in [0.29, 0.717) is 12.8 Å². The minimum atomic E-state index is -0.671. The zero-order chi connectivity index (χ0) is 29.8. The standard InChI is InChI=1S/2C18H32O2/c2*1-2-3-4-5-6-7-8-9-10-11-12-13-14-15-16-17-18(19)20/h2*6-7,9-10H,2-5,8,11-17H2,1H3,(H,19,20)/b7-6?,10-9-;7-6-,10-9-. The Bertz CT molecular complexity index is 589. The second-order valence-corrected chi connectivity index (χ2v) is 10.7. The summed E-state index contributed by atoms with van der Waals surface area (Å²) >= 11 is 0. The molecule has 232 valence electrons. The SMILES string of the molecule is CCCCC/C=C\C/C=C\CCCCCCCC(=O)O.CCCCCC=CC/C=C\CCCCCCCC(=O)O. The van der Waals surface area contributed by atoms with Crippen LogP contribution in [0.15, 0.2) is 48.6 Å². The Balaban J connectivity index is 0. The first kappa shape index (κ1) is 40.0. The van der Waals surface area contributed by atoms with Crippen molar-refractivity contribution in [1.29, 1.82) is 0 Å². The third-order valence-electron chi connectivity index (χ3n) is 6.68. The van der Waals surface area contributed by atoms with Crippen molar-refractivity contribution in [3.8, 4) is 0 Å². The summed E-state index contributed by atoms with van der Waals surface area (Å²) in [6.07, 6.45) is 44.6. The molecule has 0 amide bonds. The smallest absolute Gasteiger partial charge is 0.303 e. The summed E-state index contributed by atoms with van der Waals surface area (Å²) in [5.74, 6) is -1.34. The lowest BCUT2D eigenvalue weighted by atomic mass is 10.1. The van der Waals surface area contributed by atoms with Crippen LogP contribution in [0.5, 0.6) is 0 Å². The van der Waals surface area contributed by atoms with Crippen LogP contribution in [0.3, 0.4) is 0 Å². The topological polar surface area (TPSA) is 74.6 Å². The molecule has 0 aromatic heterocycles. The molecule has 4 nitrogen and oxygen atoms in total. The number of carboxylic acid groups (broad SMARTS) is 2. The van der Waals surface area contributed by atoms with Crippen LogP contribution in [0.2, 0.25) is 0 Å². The summed E-state index contributed by atoms with van der Waals surface area (Å²) in [4.78, 5) is 20.6. The second-order valence-electron chi connectivity index (χ2n) is 10.7. The number of hydrogen-bond donors (Lipinski definition) is 2. The van der Waals surface area contributed by atoms with E-state index in [1.54, 1.807) is 0 Å². The largest absolute Gasteiger partial charge is 0.481 e. The molecular formula is C36H64O4. The number of rotatable bonds is 28. The summed E-state index contributed by atoms with van der Waals surface area (Å²) in [6.45, 7) is 4.47. The van der Waals surface area contributed by atoms with Gasteiger partial charge < -0.3 is 10.2 Å². The summed E-state index contributed by atoms with van der Waals surface area (Å²) in [7, 11) is 0. The molecule has 0 saturated heterocycles. The van der Waals surface area contributed by atoms with Crippen molar-refractivity contribution in [2.75, 3.05) is 0 Å². The van der Waals surface area contributed by atoms with E-state index in [2.05, 4.69) is 62.5 Å². The fraction of sp³-hybridized carbons (Fsp3) is 0.722. The molecule has 0 atom stereocenters. The quantitative estimate of drug-likeness (QED) is 0.0737. The molecule has 0 bridgehead atoms. The van der Waals surface area contributed by atoms with Gasteiger partial charge in [-0.1, -0.05) is 127 Å². The molecule has 4 heteroatoms. The normalized spacial score (nSPS) is 11.7. The number of allylic oxidation sites excluding steroid dienone is 8. The molecule has 0 aliphatic heterocycles. The van der Waals surface area contributed by atoms with Crippen LogP contribution in [0, 0.1) is 0 Å². The lowest BCUT2D eigenvalue weighted by Crippen LogP contribution is -1.93. The van der Waals surface area contributed by atoms with Gasteiger partial charge in [-0.25, -0.2) is 0 Å². The first-order chi connectivity index (χ1) is 19.5. The second kappa shape index (κ2) is 36.9. The van der Waals surface area contributed by atoms with E-state index in [-0.39, 0.29) is 0 Å². The van der Waals surface area contributed by atoms with Gasteiger partial charge in [-0.05, 0) is 77.0 Å². The van der Waals surface area contributed by atoms with Crippen LogP contribution >= 0.6 is 0 Å². The molecule has 0 saturated carbocycles. The number of carboxylic acids is 2. The van der Waals surface area contributed by atoms with Crippen LogP contribution < -0.4 is 0 Å². The van der Waals surface area contributed by atoms with E-state index >= 15 is 0 Å². The Hall–Kier alpha value is -2.10. The summed E-state index contributed by atoms with van der Waals surface area (Å²) in [5.41, 5.74) is 0. The van der Waals surface area contributed by atoms with Gasteiger partial charge in [-0.3, -0.25) is 9.59 Å². The maximum atomic E-state index is 10.3. The molecule has 0 rings (SSSR count). The molecule has 0 radical (unpaired) electrons. The molecule has 0 spiro atoms. The van der Waals surface area contributed by atoms with E-state index in [0.717, 1.165) is 51.4 Å². The van der Waals surface area contributed by atoms with Gasteiger partial charge in [-0.15, -0.1) is 0 Å². The van der Waals surface area contributed by atoms with E-state index in [4.69, 9.17) is 10.2 Å². The molecule has 0 aliphatic carbocycles. The fourth-order valence-electron chi connectivity index (χ4n) is 4.18. The molecule has 0 aromatic carbocycles. The van der Waals surface area contributed by atoms with Crippen molar-refractivity contribution in [3.05, 3.63) is 48.6 Å². The van der Waals surface area contributed by atoms with Gasteiger partial charge in [0.05, 0.1) is 0 Å². The minimum absolute atomic E-state index is 0.324. The maximum Gasteiger partial charge on any atom is 0.303 e. The highest BCUT2D eigenvalue weighted by Gasteiger charge is 1.96. The van der Waals surface area contributed by atoms with Crippen molar-refractivity contribution >= 4 is 11.9 Å². The average molecular weight is 561 g/mol. The molecule has 0 unspecified atom stereocenters. The Morgan fingerprint density at radius 1 is 0.400 bits per heavy atom. The van der Waals surface area contributed by atoms with Crippen molar-refractivity contribution < 1.29 is 19.8 Å². The fourth-order valence-corrected chi connectivity index (χ4v) is 4.18. The highest BCUT2D eigenvalue weighted by atomic mass is 16.4. The first-order valence-electron chi connectivity index (χ1n) is 16.6. The average Bonchev–Trinajstić information content (AvgIpc) is 2.93. The number of unbranched alkanes of at least 4 members (excludes halogenated alkanes) is 16. The Kier molecular flexibility index (Phi) is 36.9. The predicted molar refractivity (Wildman–Crippen MR) is 174 cm³/mol. The molecule has 0 heterocycles. The first-order valence-corrected chi connectivity index (χ1v) is 16.6. The van der Waals surface area contributed by atoms with Gasteiger partial charge in [0.1, 0.15) is 0 Å². The predicted octanol–water partition coefficient (Wildman–Crippen LogP) is 11.8. The minimum Gasteiger partial charge on any atom is -0.481 e. The van der Waals surface area contributed by atoms with Crippen LogP contribution in [-0.4, -0.2) is 22.2 Å². The van der Waals surface area contributed by atoms with Crippen molar-refractivity contribution in [2.45, 2.75) is 168 Å². The monoisotopic (exact) mass is 560 g/mol. The van der Waals surface area contributed by atoms with Crippen LogP contribution in [0.25, 0.3) is 0 Å². The maximum absolute atomic E-state index is 10.3. The van der Waals surface area contributed by atoms with Crippen LogP contribution in [0.1, 0.15) is 168 Å². The van der Waals surface area contributed by atoms with Gasteiger partial charge in [0.25, 0.3) is 0 Å². The summed E-state index contributed by atoms with van der Waals surface area (Å²) in [6, 6.07) is 0. The Morgan fingerprint density at radius 2 is 0.675 bits per heavy atom. The molecule has 2 N–H and O–H groups in total. The number of carbonyl (C=O) groups is 2. The van der Waals surface area contributed by atoms with Gasteiger partial charge in [0.15, 0.2) is 0 Å². The van der Waals surface area contributed by atoms with Crippen molar-refractivity contribution in [2.24, 2.45) is 0 Å². The van der Waals surface area contributed by atoms with Crippen LogP contribution in [-0.2, 0) is 9.59 Å². The van der Waals surface area contributed by atoms with Crippen molar-refractivity contribution in [3.63, 3.8) is 0 Å². The van der Waals surface area contributed by atoms with Gasteiger partial charge in [0, 0.05) is 12.8 Å². The van der Waals surface area contributed by atoms with Gasteiger partial charge in [-0.2, -0.15) is 0 Å². The zero-order valence-electron chi connectivity index (χ0n) is 26.3. The summed E-state index contributed by atoms with van der Waals surface area (Å²) < 4.78 is 0. The lowest BCUT2D eigenvalue weighted by Gasteiger charge is -1.98. The van der Waals surface area contributed by atoms with E-state index in [1.165, 1.54) is 89.9 Å². The number of aliphatic carboxylic acids is 2. The van der Waals surface area contributed by atoms with Crippen molar-refractivity contribution in [1.82, 2.24) is 0 Å². The third kappa shape index (κ3) is 43.0. The third-order valence-corrected chi connectivity index (χ3v) is 6.68. The molecule has 0 aliphatic rings. The highest BCUT2D eigenvalue weighted by molar-refractivity contribution is 5.66. The van der Waals surface area contributed by atoms with E-state index in [1.807, 2.05) is 0 Å². The van der Waals surface area contributed by atoms with E-state index in [9.17, 15) is 9.59 Å². The van der Waals surface area contributed by atoms with E-state index < -0.39 is 11.9 Å². The molecule has 0 fully saturated rings. The van der Waals surface area contributed by atoms with Gasteiger partial charge in [0.2, 0.25) is 0 Å². The van der Waals surface area contributed by atoms with Crippen LogP contribution in [0.4, 0.5) is 0 Å². The molecular weight excluding hydrogens is 496 g/mol. The summed E-state index contributed by atoms with van der Waals surface area (Å²) in [5, 5.41) is 17.0. The zero-order valence-corrected chi connectivity index (χ0v) is 26.3. The Morgan fingerprint density at radius 3 is 0.975 bits per heavy atom.